The molecule has 0 radical (unpaired) electrons. The summed E-state index contributed by atoms with van der Waals surface area (Å²) in [7, 11) is 0. The van der Waals surface area contributed by atoms with Crippen LogP contribution in [-0.4, -0.2) is 39.8 Å². The quantitative estimate of drug-likeness (QED) is 0.474. The van der Waals surface area contributed by atoms with Crippen molar-refractivity contribution in [2.24, 2.45) is 11.8 Å². The average Bonchev–Trinajstić information content (AvgIpc) is 2.73. The summed E-state index contributed by atoms with van der Waals surface area (Å²) in [4.78, 5) is 58.3. The van der Waals surface area contributed by atoms with Gasteiger partial charge in [-0.25, -0.2) is 0 Å². The van der Waals surface area contributed by atoms with E-state index in [-0.39, 0.29) is 29.2 Å². The van der Waals surface area contributed by atoms with Crippen molar-refractivity contribution in [3.8, 4) is 0 Å². The molecule has 11 heteroatoms. The van der Waals surface area contributed by atoms with Gasteiger partial charge >= 0.3 is 0 Å². The van der Waals surface area contributed by atoms with Gasteiger partial charge in [0.25, 0.3) is 11.2 Å². The molecule has 3 atom stereocenters. The summed E-state index contributed by atoms with van der Waals surface area (Å²) >= 11 is 0. The predicted octanol–water partition coefficient (Wildman–Crippen LogP) is 2.53. The molecular formula is C22H26N6O5. The van der Waals surface area contributed by atoms with Gasteiger partial charge in [0.1, 0.15) is 5.82 Å². The van der Waals surface area contributed by atoms with E-state index in [1.165, 1.54) is 18.2 Å². The van der Waals surface area contributed by atoms with Crippen LogP contribution in [0, 0.1) is 28.9 Å². The van der Waals surface area contributed by atoms with Gasteiger partial charge in [-0.05, 0) is 31.2 Å². The molecule has 0 spiro atoms. The molecule has 4 rings (SSSR count). The molecule has 1 aromatic heterocycles. The van der Waals surface area contributed by atoms with Crippen molar-refractivity contribution < 1.29 is 14.5 Å². The molecule has 0 bridgehead atoms. The van der Waals surface area contributed by atoms with E-state index in [0.717, 1.165) is 19.5 Å². The topological polar surface area (TPSA) is 150 Å². The van der Waals surface area contributed by atoms with Crippen LogP contribution in [0.2, 0.25) is 0 Å². The van der Waals surface area contributed by atoms with Gasteiger partial charge in [0.05, 0.1) is 16.4 Å². The predicted molar refractivity (Wildman–Crippen MR) is 122 cm³/mol. The fraction of sp³-hybridized carbons (Fsp3) is 0.455. The minimum Gasteiger partial charge on any atom is -0.342 e. The van der Waals surface area contributed by atoms with Crippen LogP contribution in [0.4, 0.5) is 23.1 Å². The zero-order valence-corrected chi connectivity index (χ0v) is 18.7. The Bertz CT molecular complexity index is 1180. The number of hydrogen-bond donors (Lipinski definition) is 3. The number of carbonyl (C=O) groups excluding carboxylic acids is 2. The normalized spacial score (nSPS) is 22.3. The van der Waals surface area contributed by atoms with Crippen molar-refractivity contribution in [2.75, 3.05) is 28.6 Å². The van der Waals surface area contributed by atoms with Crippen LogP contribution in [0.1, 0.15) is 43.7 Å². The van der Waals surface area contributed by atoms with Gasteiger partial charge in [0.2, 0.25) is 17.8 Å². The summed E-state index contributed by atoms with van der Waals surface area (Å²) in [6.07, 6.45) is 0.858. The van der Waals surface area contributed by atoms with E-state index in [4.69, 9.17) is 0 Å². The minimum atomic E-state index is -1.07. The lowest BCUT2D eigenvalue weighted by Crippen LogP contribution is -2.42. The van der Waals surface area contributed by atoms with Crippen molar-refractivity contribution in [1.82, 2.24) is 9.97 Å². The molecule has 2 aliphatic rings. The third kappa shape index (κ3) is 4.57. The van der Waals surface area contributed by atoms with Crippen LogP contribution in [-0.2, 0) is 9.59 Å². The van der Waals surface area contributed by atoms with Crippen LogP contribution in [0.5, 0.6) is 0 Å². The Labute approximate surface area is 189 Å². The first kappa shape index (κ1) is 22.4. The fourth-order valence-electron chi connectivity index (χ4n) is 4.68. The van der Waals surface area contributed by atoms with E-state index in [9.17, 15) is 24.5 Å². The van der Waals surface area contributed by atoms with E-state index in [2.05, 4.69) is 34.4 Å². The monoisotopic (exact) mass is 454 g/mol. The lowest BCUT2D eigenvalue weighted by atomic mass is 9.91. The van der Waals surface area contributed by atoms with Crippen LogP contribution in [0.3, 0.4) is 0 Å². The van der Waals surface area contributed by atoms with E-state index < -0.39 is 28.2 Å². The van der Waals surface area contributed by atoms with Gasteiger partial charge < -0.3 is 15.5 Å². The maximum Gasteiger partial charge on any atom is 0.274 e. The van der Waals surface area contributed by atoms with Gasteiger partial charge in [-0.1, -0.05) is 19.9 Å². The number of anilines is 3. The van der Waals surface area contributed by atoms with E-state index >= 15 is 0 Å². The van der Waals surface area contributed by atoms with Gasteiger partial charge in [0.15, 0.2) is 0 Å². The van der Waals surface area contributed by atoms with Crippen LogP contribution in [0.25, 0.3) is 0 Å². The molecule has 1 fully saturated rings. The number of aromatic nitrogens is 2. The number of aryl methyl sites for hydroxylation is 1. The maximum atomic E-state index is 13.0. The van der Waals surface area contributed by atoms with Crippen LogP contribution >= 0.6 is 0 Å². The number of rotatable bonds is 4. The van der Waals surface area contributed by atoms with Crippen LogP contribution < -0.4 is 21.1 Å². The molecule has 1 saturated heterocycles. The zero-order valence-electron chi connectivity index (χ0n) is 18.7. The number of nitro benzene ring substituents is 1. The Morgan fingerprint density at radius 3 is 2.61 bits per heavy atom. The average molecular weight is 454 g/mol. The van der Waals surface area contributed by atoms with Gasteiger partial charge in [-0.3, -0.25) is 29.5 Å². The summed E-state index contributed by atoms with van der Waals surface area (Å²) in [5.74, 6) is -0.799. The number of nitrogens with zero attached hydrogens (tertiary/aromatic N) is 3. The van der Waals surface area contributed by atoms with E-state index in [0.29, 0.717) is 23.3 Å². The zero-order chi connectivity index (χ0) is 23.9. The number of H-pyrrole nitrogens is 1. The van der Waals surface area contributed by atoms with Gasteiger partial charge in [0, 0.05) is 36.8 Å². The minimum absolute atomic E-state index is 0.0749. The third-order valence-corrected chi connectivity index (χ3v) is 6.10. The lowest BCUT2D eigenvalue weighted by Gasteiger charge is -2.35. The second-order valence-corrected chi connectivity index (χ2v) is 9.06. The number of nitro groups is 1. The highest BCUT2D eigenvalue weighted by atomic mass is 16.6. The molecule has 11 nitrogen and oxygen atoms in total. The summed E-state index contributed by atoms with van der Waals surface area (Å²) in [6, 6.07) is 4.31. The summed E-state index contributed by atoms with van der Waals surface area (Å²) in [5, 5.41) is 16.4. The molecule has 33 heavy (non-hydrogen) atoms. The number of benzene rings is 1. The summed E-state index contributed by atoms with van der Waals surface area (Å²) < 4.78 is 0. The number of aromatic amines is 1. The van der Waals surface area contributed by atoms with Crippen molar-refractivity contribution in [2.45, 2.75) is 39.5 Å². The molecule has 0 aliphatic carbocycles. The Hall–Kier alpha value is -3.76. The highest BCUT2D eigenvalue weighted by Crippen LogP contribution is 2.32. The number of amides is 2. The van der Waals surface area contributed by atoms with Crippen molar-refractivity contribution >= 4 is 35.0 Å². The number of piperidine rings is 1. The van der Waals surface area contributed by atoms with E-state index in [1.54, 1.807) is 6.92 Å². The summed E-state index contributed by atoms with van der Waals surface area (Å²) in [5.41, 5.74) is 0.118. The molecule has 2 aliphatic heterocycles. The molecule has 174 valence electrons. The Balaban J connectivity index is 1.64. The molecule has 3 heterocycles. The Morgan fingerprint density at radius 2 is 1.94 bits per heavy atom. The highest BCUT2D eigenvalue weighted by Gasteiger charge is 2.36. The molecule has 0 saturated carbocycles. The number of carbonyl (C=O) groups is 2. The molecular weight excluding hydrogens is 428 g/mol. The number of hydrogen-bond acceptors (Lipinski definition) is 7. The lowest BCUT2D eigenvalue weighted by molar-refractivity contribution is -0.385. The van der Waals surface area contributed by atoms with E-state index in [1.807, 2.05) is 4.90 Å². The third-order valence-electron chi connectivity index (χ3n) is 6.10. The second-order valence-electron chi connectivity index (χ2n) is 9.06. The molecule has 2 amide bonds. The smallest absolute Gasteiger partial charge is 0.274 e. The first-order valence-corrected chi connectivity index (χ1v) is 10.9. The number of nitrogens with one attached hydrogen (secondary N) is 3. The first-order valence-electron chi connectivity index (χ1n) is 10.9. The van der Waals surface area contributed by atoms with Gasteiger partial charge in [-0.2, -0.15) is 4.98 Å². The van der Waals surface area contributed by atoms with Gasteiger partial charge in [-0.15, -0.1) is 0 Å². The van der Waals surface area contributed by atoms with Crippen molar-refractivity contribution in [3.63, 3.8) is 0 Å². The largest absolute Gasteiger partial charge is 0.342 e. The molecule has 1 aromatic carbocycles. The standard InChI is InChI=1S/C22H26N6O5/c1-11-6-12(2)10-27(9-11)22-25-19-18(21(31)26-22)15(8-17(29)24-19)20(30)23-14-5-4-13(3)16(7-14)28(32)33/h4-5,7,11-12,15H,6,8-10H2,1-3H3,(H,23,30)(H2,24,25,26,29,31)/t11-,12-,15+/m1/s1. The molecule has 2 aromatic rings. The van der Waals surface area contributed by atoms with Crippen molar-refractivity contribution in [3.05, 3.63) is 49.8 Å². The second kappa shape index (κ2) is 8.64. The maximum absolute atomic E-state index is 13.0. The summed E-state index contributed by atoms with van der Waals surface area (Å²) in [6.45, 7) is 7.33. The molecule has 3 N–H and O–H groups in total. The number of fused-ring (bicyclic) bond motifs is 1. The molecule has 0 unspecified atom stereocenters. The van der Waals surface area contributed by atoms with Crippen molar-refractivity contribution in [1.29, 1.82) is 0 Å². The fourth-order valence-corrected chi connectivity index (χ4v) is 4.68. The van der Waals surface area contributed by atoms with Crippen LogP contribution in [0.15, 0.2) is 23.0 Å². The Morgan fingerprint density at radius 1 is 1.24 bits per heavy atom. The first-order chi connectivity index (χ1) is 15.6. The Kier molecular flexibility index (Phi) is 5.88. The highest BCUT2D eigenvalue weighted by molar-refractivity contribution is 6.04. The SMILES string of the molecule is Cc1ccc(NC(=O)[C@H]2CC(=O)Nc3nc(N4C[C@H](C)C[C@@H](C)C4)[nH]c(=O)c32)cc1[N+](=O)[O-].